The summed E-state index contributed by atoms with van der Waals surface area (Å²) in [6.07, 6.45) is -0.740. The first-order valence-electron chi connectivity index (χ1n) is 6.55. The number of nitrogens with zero attached hydrogens (tertiary/aromatic N) is 1. The average molecular weight is 321 g/mol. The fourth-order valence-electron chi connectivity index (χ4n) is 2.55. The van der Waals surface area contributed by atoms with Gasteiger partial charge >= 0.3 is 12.1 Å². The van der Waals surface area contributed by atoms with E-state index in [-0.39, 0.29) is 25.4 Å². The van der Waals surface area contributed by atoms with Crippen LogP contribution in [0.25, 0.3) is 0 Å². The van der Waals surface area contributed by atoms with Gasteiger partial charge in [0.05, 0.1) is 18.9 Å². The quantitative estimate of drug-likeness (QED) is 0.716. The molecule has 0 spiro atoms. The van der Waals surface area contributed by atoms with Crippen LogP contribution >= 0.6 is 0 Å². The van der Waals surface area contributed by atoms with Crippen LogP contribution in [0.1, 0.15) is 20.8 Å². The van der Waals surface area contributed by atoms with Gasteiger partial charge in [0.1, 0.15) is 10.9 Å². The van der Waals surface area contributed by atoms with Gasteiger partial charge in [-0.05, 0) is 20.8 Å². The van der Waals surface area contributed by atoms with Crippen molar-refractivity contribution in [3.05, 3.63) is 0 Å². The Morgan fingerprint density at radius 1 is 1.38 bits per heavy atom. The summed E-state index contributed by atoms with van der Waals surface area (Å²) in [4.78, 5) is 24.7. The lowest BCUT2D eigenvalue weighted by Gasteiger charge is -2.33. The van der Waals surface area contributed by atoms with Crippen LogP contribution in [0.5, 0.6) is 0 Å². The van der Waals surface area contributed by atoms with E-state index in [0.29, 0.717) is 0 Å². The molecule has 1 N–H and O–H groups in total. The maximum Gasteiger partial charge on any atom is 0.410 e. The first kappa shape index (κ1) is 16.0. The molecule has 0 aromatic carbocycles. The van der Waals surface area contributed by atoms with Gasteiger partial charge in [-0.25, -0.2) is 18.0 Å². The smallest absolute Gasteiger partial charge is 0.410 e. The Hall–Kier alpha value is -1.35. The highest BCUT2D eigenvalue weighted by molar-refractivity contribution is 7.92. The zero-order valence-electron chi connectivity index (χ0n) is 12.2. The molecule has 0 aromatic heterocycles. The highest BCUT2D eigenvalue weighted by Gasteiger charge is 2.62. The van der Waals surface area contributed by atoms with Crippen molar-refractivity contribution in [1.29, 1.82) is 0 Å². The predicted octanol–water partition coefficient (Wildman–Crippen LogP) is -0.126. The number of carbonyl (C=O) groups excluding carboxylic acids is 1. The van der Waals surface area contributed by atoms with Crippen molar-refractivity contribution in [2.75, 3.05) is 25.4 Å². The molecular weight excluding hydrogens is 302 g/mol. The minimum Gasteiger partial charge on any atom is -0.479 e. The van der Waals surface area contributed by atoms with Crippen LogP contribution in [0.2, 0.25) is 0 Å². The highest BCUT2D eigenvalue weighted by atomic mass is 32.2. The third kappa shape index (κ3) is 2.84. The molecule has 0 radical (unpaired) electrons. The lowest BCUT2D eigenvalue weighted by Crippen LogP contribution is -2.59. The van der Waals surface area contributed by atoms with Crippen LogP contribution in [0.4, 0.5) is 4.79 Å². The number of aliphatic carboxylic acids is 1. The molecular formula is C12H19NO7S. The minimum absolute atomic E-state index is 0.187. The monoisotopic (exact) mass is 321 g/mol. The van der Waals surface area contributed by atoms with Gasteiger partial charge < -0.3 is 19.5 Å². The Morgan fingerprint density at radius 2 is 2.00 bits per heavy atom. The molecule has 0 saturated carbocycles. The fraction of sp³-hybridized carbons (Fsp3) is 0.833. The lowest BCUT2D eigenvalue weighted by atomic mass is 10.0. The van der Waals surface area contributed by atoms with Crippen molar-refractivity contribution >= 4 is 21.9 Å². The Kier molecular flexibility index (Phi) is 3.69. The molecule has 2 aliphatic rings. The fourth-order valence-corrected chi connectivity index (χ4v) is 4.39. The van der Waals surface area contributed by atoms with E-state index in [1.165, 1.54) is 0 Å². The minimum atomic E-state index is -3.63. The first-order valence-corrected chi connectivity index (χ1v) is 8.26. The van der Waals surface area contributed by atoms with E-state index < -0.39 is 38.4 Å². The molecule has 0 unspecified atom stereocenters. The first-order chi connectivity index (χ1) is 9.48. The summed E-state index contributed by atoms with van der Waals surface area (Å²) in [5.41, 5.74) is -2.64. The third-order valence-electron chi connectivity index (χ3n) is 3.51. The zero-order chi connectivity index (χ0) is 16.1. The predicted molar refractivity (Wildman–Crippen MR) is 71.7 cm³/mol. The van der Waals surface area contributed by atoms with Gasteiger partial charge in [0.25, 0.3) is 0 Å². The van der Waals surface area contributed by atoms with Gasteiger partial charge in [0.15, 0.2) is 9.84 Å². The molecule has 0 bridgehead atoms. The number of likely N-dealkylation sites (tertiary alicyclic amines) is 1. The van der Waals surface area contributed by atoms with Crippen LogP contribution in [0, 0.1) is 0 Å². The summed E-state index contributed by atoms with van der Waals surface area (Å²) in [5, 5.41) is 8.13. The largest absolute Gasteiger partial charge is 0.479 e. The Morgan fingerprint density at radius 3 is 2.48 bits per heavy atom. The van der Waals surface area contributed by atoms with Crippen molar-refractivity contribution in [3.63, 3.8) is 0 Å². The van der Waals surface area contributed by atoms with Crippen molar-refractivity contribution in [2.24, 2.45) is 0 Å². The second-order valence-electron chi connectivity index (χ2n) is 6.26. The van der Waals surface area contributed by atoms with Gasteiger partial charge in [-0.1, -0.05) is 0 Å². The van der Waals surface area contributed by atoms with Gasteiger partial charge in [0.2, 0.25) is 5.60 Å². The molecule has 21 heavy (non-hydrogen) atoms. The molecule has 0 aromatic rings. The number of hydrogen-bond acceptors (Lipinski definition) is 6. The third-order valence-corrected chi connectivity index (χ3v) is 5.64. The second-order valence-corrected chi connectivity index (χ2v) is 8.56. The standard InChI is InChI=1S/C12H19NO7S/c1-11(2,3)20-10(16)13-6-8-12(7-13,9(14)15)19-4-5-21(8,17)18/h8H,4-7H2,1-3H3,(H,14,15)/t8-,12+/m1/s1. The summed E-state index contributed by atoms with van der Waals surface area (Å²) in [6.45, 7) is 4.27. The van der Waals surface area contributed by atoms with Crippen molar-refractivity contribution in [1.82, 2.24) is 4.90 Å². The van der Waals surface area contributed by atoms with Gasteiger partial charge in [0, 0.05) is 6.54 Å². The zero-order valence-corrected chi connectivity index (χ0v) is 13.0. The van der Waals surface area contributed by atoms with Crippen molar-refractivity contribution in [2.45, 2.75) is 37.2 Å². The van der Waals surface area contributed by atoms with Gasteiger partial charge in [-0.2, -0.15) is 0 Å². The number of ether oxygens (including phenoxy) is 2. The second kappa shape index (κ2) is 4.84. The van der Waals surface area contributed by atoms with Crippen molar-refractivity contribution < 1.29 is 32.6 Å². The number of amides is 1. The van der Waals surface area contributed by atoms with Crippen LogP contribution < -0.4 is 0 Å². The van der Waals surface area contributed by atoms with Crippen molar-refractivity contribution in [3.8, 4) is 0 Å². The summed E-state index contributed by atoms with van der Waals surface area (Å²) < 4.78 is 34.6. The molecule has 2 rings (SSSR count). The maximum absolute atomic E-state index is 12.1. The maximum atomic E-state index is 12.1. The number of fused-ring (bicyclic) bond motifs is 1. The van der Waals surface area contributed by atoms with Crippen LogP contribution in [0.15, 0.2) is 0 Å². The number of hydrogen-bond donors (Lipinski definition) is 1. The van der Waals surface area contributed by atoms with Crippen LogP contribution in [-0.2, 0) is 24.1 Å². The molecule has 1 amide bonds. The molecule has 2 heterocycles. The Balaban J connectivity index is 2.29. The van der Waals surface area contributed by atoms with Gasteiger partial charge in [-0.3, -0.25) is 0 Å². The number of rotatable bonds is 1. The number of carboxylic acid groups (broad SMARTS) is 1. The lowest BCUT2D eigenvalue weighted by molar-refractivity contribution is -0.163. The Labute approximate surface area is 122 Å². The summed E-state index contributed by atoms with van der Waals surface area (Å²) in [7, 11) is -3.63. The van der Waals surface area contributed by atoms with E-state index in [0.717, 1.165) is 4.90 Å². The van der Waals surface area contributed by atoms with Crippen LogP contribution in [0.3, 0.4) is 0 Å². The molecule has 120 valence electrons. The van der Waals surface area contributed by atoms with Crippen LogP contribution in [-0.4, -0.2) is 72.4 Å². The number of carbonyl (C=O) groups is 2. The molecule has 9 heteroatoms. The van der Waals surface area contributed by atoms with E-state index in [1.807, 2.05) is 0 Å². The van der Waals surface area contributed by atoms with Gasteiger partial charge in [-0.15, -0.1) is 0 Å². The summed E-state index contributed by atoms with van der Waals surface area (Å²) >= 11 is 0. The molecule has 8 nitrogen and oxygen atoms in total. The topological polar surface area (TPSA) is 110 Å². The number of carboxylic acids is 1. The average Bonchev–Trinajstić information content (AvgIpc) is 2.69. The molecule has 2 atom stereocenters. The van der Waals surface area contributed by atoms with E-state index >= 15 is 0 Å². The van der Waals surface area contributed by atoms with E-state index in [1.54, 1.807) is 20.8 Å². The summed E-state index contributed by atoms with van der Waals surface area (Å²) in [5.74, 6) is -1.61. The molecule has 2 saturated heterocycles. The van der Waals surface area contributed by atoms with E-state index in [9.17, 15) is 23.1 Å². The number of sulfone groups is 1. The molecule has 2 aliphatic heterocycles. The SMILES string of the molecule is CC(C)(C)OC(=O)N1C[C@@H]2[C@](C(=O)O)(C1)OCCS2(=O)=O. The van der Waals surface area contributed by atoms with E-state index in [4.69, 9.17) is 9.47 Å². The Bertz CT molecular complexity index is 565. The normalized spacial score (nSPS) is 31.6. The molecule has 0 aliphatic carbocycles. The molecule has 2 fully saturated rings. The summed E-state index contributed by atoms with van der Waals surface area (Å²) in [6, 6.07) is 0. The van der Waals surface area contributed by atoms with E-state index in [2.05, 4.69) is 0 Å². The highest BCUT2D eigenvalue weighted by Crippen LogP contribution is 2.35.